The summed E-state index contributed by atoms with van der Waals surface area (Å²) in [5.41, 5.74) is 4.23. The zero-order valence-electron chi connectivity index (χ0n) is 33.0. The van der Waals surface area contributed by atoms with Gasteiger partial charge in [-0.15, -0.1) is 0 Å². The van der Waals surface area contributed by atoms with Gasteiger partial charge in [-0.05, 0) is 12.8 Å². The van der Waals surface area contributed by atoms with Gasteiger partial charge in [-0.2, -0.15) is 4.31 Å². The van der Waals surface area contributed by atoms with E-state index in [1.54, 1.807) is 18.2 Å². The molecule has 1 saturated heterocycles. The molecule has 0 spiro atoms. The summed E-state index contributed by atoms with van der Waals surface area (Å²) >= 11 is 1.04. The summed E-state index contributed by atoms with van der Waals surface area (Å²) in [5.74, 6) is -2.26. The van der Waals surface area contributed by atoms with Crippen LogP contribution in [0, 0.1) is 5.41 Å². The molecule has 3 heterocycles. The van der Waals surface area contributed by atoms with Crippen molar-refractivity contribution >= 4 is 75.1 Å². The maximum absolute atomic E-state index is 12.7. The van der Waals surface area contributed by atoms with Crippen LogP contribution in [-0.4, -0.2) is 134 Å². The Kier molecular flexibility index (Phi) is 20.2. The molecule has 0 saturated carbocycles. The first-order valence-corrected chi connectivity index (χ1v) is 23.7. The van der Waals surface area contributed by atoms with Gasteiger partial charge in [0.1, 0.15) is 36.3 Å². The van der Waals surface area contributed by atoms with Gasteiger partial charge in [0.2, 0.25) is 11.8 Å². The minimum Gasteiger partial charge on any atom is -0.478 e. The van der Waals surface area contributed by atoms with Gasteiger partial charge < -0.3 is 56.0 Å². The second-order valence-electron chi connectivity index (χ2n) is 13.7. The first kappa shape index (κ1) is 52.6. The molecular weight excluding hydrogens is 911 g/mol. The predicted molar refractivity (Wildman–Crippen MR) is 216 cm³/mol. The van der Waals surface area contributed by atoms with Crippen LogP contribution in [-0.2, 0) is 55.5 Å². The molecule has 0 bridgehead atoms. The van der Waals surface area contributed by atoms with E-state index in [0.717, 1.165) is 35.1 Å². The number of allylic oxidation sites excluding steroid dienone is 5. The number of phosphoric acid groups is 3. The first-order valence-electron chi connectivity index (χ1n) is 18.2. The van der Waals surface area contributed by atoms with E-state index in [1.807, 2.05) is 6.08 Å². The highest BCUT2D eigenvalue weighted by atomic mass is 32.2. The summed E-state index contributed by atoms with van der Waals surface area (Å²) in [6, 6.07) is 0. The fourth-order valence-corrected chi connectivity index (χ4v) is 8.72. The Balaban J connectivity index is 1.39. The molecule has 62 heavy (non-hydrogen) atoms. The van der Waals surface area contributed by atoms with Crippen LogP contribution >= 0.6 is 35.2 Å². The monoisotopic (exact) mass is 959 g/mol. The minimum atomic E-state index is -5.59. The van der Waals surface area contributed by atoms with E-state index in [4.69, 9.17) is 24.6 Å². The number of nitrogens with two attached hydrogens (primary N) is 1. The Bertz CT molecular complexity index is 2120. The lowest BCUT2D eigenvalue weighted by atomic mass is 9.87. The summed E-state index contributed by atoms with van der Waals surface area (Å²) in [5, 5.41) is 34.8. The largest absolute Gasteiger partial charge is 0.481 e. The fraction of sp³-hybridized carbons (Fsp3) is 0.531. The molecular formula is C32H48N7O19P3S. The van der Waals surface area contributed by atoms with E-state index in [-0.39, 0.29) is 41.6 Å². The van der Waals surface area contributed by atoms with E-state index < -0.39 is 90.5 Å². The van der Waals surface area contributed by atoms with Crippen molar-refractivity contribution in [1.29, 1.82) is 0 Å². The van der Waals surface area contributed by atoms with Crippen LogP contribution in [0.15, 0.2) is 49.1 Å². The van der Waals surface area contributed by atoms with Crippen molar-refractivity contribution in [3.8, 4) is 0 Å². The molecule has 346 valence electrons. The average Bonchev–Trinajstić information content (AvgIpc) is 3.73. The van der Waals surface area contributed by atoms with E-state index >= 15 is 0 Å². The van der Waals surface area contributed by atoms with Crippen LogP contribution in [0.3, 0.4) is 0 Å². The van der Waals surface area contributed by atoms with Gasteiger partial charge in [0.05, 0.1) is 19.5 Å². The van der Waals surface area contributed by atoms with Crippen LogP contribution in [0.5, 0.6) is 0 Å². The number of rotatable bonds is 26. The van der Waals surface area contributed by atoms with Gasteiger partial charge in [-0.25, -0.2) is 33.4 Å². The lowest BCUT2D eigenvalue weighted by molar-refractivity contribution is -0.137. The highest BCUT2D eigenvalue weighted by Gasteiger charge is 2.50. The number of nitrogens with zero attached hydrogens (tertiary/aromatic N) is 4. The average molecular weight is 960 g/mol. The SMILES string of the molecule is CC(C)(COP(=O)(O)OP(=O)(O)OCC1OC(n2cnc3c(N)ncnc32)C(O)C1OP(=O)(O)O)C(O)C(=O)NCCC(=O)NCCSC(=O)CCC/C=C/C=C/C=C/C(=O)O. The quantitative estimate of drug-likeness (QED) is 0.0267. The molecule has 7 atom stereocenters. The molecule has 30 heteroatoms. The van der Waals surface area contributed by atoms with Gasteiger partial charge in [0.25, 0.3) is 0 Å². The highest BCUT2D eigenvalue weighted by Crippen LogP contribution is 2.61. The molecule has 1 aliphatic rings. The summed E-state index contributed by atoms with van der Waals surface area (Å²) in [6.07, 6.45) is 3.69. The normalized spacial score (nSPS) is 21.0. The van der Waals surface area contributed by atoms with Crippen molar-refractivity contribution in [2.75, 3.05) is 37.8 Å². The lowest BCUT2D eigenvalue weighted by Gasteiger charge is -2.30. The topological polar surface area (TPSA) is 401 Å². The number of nitrogens with one attached hydrogen (secondary N) is 2. The van der Waals surface area contributed by atoms with Gasteiger partial charge in [0, 0.05) is 43.2 Å². The second-order valence-corrected chi connectivity index (χ2v) is 19.1. The molecule has 1 fully saturated rings. The van der Waals surface area contributed by atoms with Gasteiger partial charge >= 0.3 is 29.4 Å². The van der Waals surface area contributed by atoms with E-state index in [2.05, 4.69) is 34.4 Å². The molecule has 1 aliphatic heterocycles. The molecule has 2 aromatic heterocycles. The van der Waals surface area contributed by atoms with E-state index in [9.17, 15) is 62.7 Å². The van der Waals surface area contributed by atoms with Crippen molar-refractivity contribution in [2.45, 2.75) is 70.2 Å². The van der Waals surface area contributed by atoms with E-state index in [0.29, 0.717) is 25.0 Å². The Morgan fingerprint density at radius 3 is 2.39 bits per heavy atom. The number of anilines is 1. The van der Waals surface area contributed by atoms with Crippen LogP contribution in [0.25, 0.3) is 11.2 Å². The number of imidazole rings is 1. The number of aliphatic carboxylic acids is 1. The maximum Gasteiger partial charge on any atom is 0.481 e. The van der Waals surface area contributed by atoms with Crippen LogP contribution in [0.4, 0.5) is 5.82 Å². The molecule has 2 aromatic rings. The number of carbonyl (C=O) groups excluding carboxylic acids is 3. The molecule has 2 amide bonds. The Labute approximate surface area is 357 Å². The zero-order valence-corrected chi connectivity index (χ0v) is 36.5. The molecule has 7 unspecified atom stereocenters. The highest BCUT2D eigenvalue weighted by molar-refractivity contribution is 8.13. The number of unbranched alkanes of at least 4 members (excludes halogenated alkanes) is 1. The summed E-state index contributed by atoms with van der Waals surface area (Å²) in [6.45, 7) is 0.372. The number of amides is 2. The van der Waals surface area contributed by atoms with Gasteiger partial charge in [-0.3, -0.25) is 32.5 Å². The number of aromatic nitrogens is 4. The molecule has 0 aromatic carbocycles. The lowest BCUT2D eigenvalue weighted by Crippen LogP contribution is -2.46. The number of aliphatic hydroxyl groups excluding tert-OH is 2. The number of carbonyl (C=O) groups is 4. The van der Waals surface area contributed by atoms with Crippen LogP contribution in [0.2, 0.25) is 0 Å². The van der Waals surface area contributed by atoms with Crippen LogP contribution < -0.4 is 16.4 Å². The van der Waals surface area contributed by atoms with Gasteiger partial charge in [-0.1, -0.05) is 56.0 Å². The van der Waals surface area contributed by atoms with Crippen molar-refractivity contribution in [3.05, 3.63) is 49.1 Å². The number of hydrogen-bond acceptors (Lipinski definition) is 19. The molecule has 0 aliphatic carbocycles. The molecule has 26 nitrogen and oxygen atoms in total. The summed E-state index contributed by atoms with van der Waals surface area (Å²) < 4.78 is 62.2. The van der Waals surface area contributed by atoms with Crippen molar-refractivity contribution in [3.63, 3.8) is 0 Å². The number of aliphatic hydroxyl groups is 2. The maximum atomic E-state index is 12.7. The molecule has 0 radical (unpaired) electrons. The van der Waals surface area contributed by atoms with Crippen molar-refractivity contribution in [2.24, 2.45) is 5.41 Å². The van der Waals surface area contributed by atoms with Crippen molar-refractivity contribution in [1.82, 2.24) is 30.2 Å². The Morgan fingerprint density at radius 2 is 1.69 bits per heavy atom. The minimum absolute atomic E-state index is 0.0222. The fourth-order valence-electron chi connectivity index (χ4n) is 5.17. The standard InChI is InChI=1S/C32H48N7O19P3S/c1-32(2,27(45)30(46)35-13-12-21(40)34-14-15-62-23(43)11-9-7-5-3-4-6-8-10-22(41)42)17-55-61(52,53)58-60(50,51)54-16-20-26(57-59(47,48)49)25(44)31(56-20)39-19-38-24-28(33)36-18-37-29(24)39/h3-6,8,10,18-20,25-27,31,44-45H,7,9,11-17H2,1-2H3,(H,34,40)(H,35,46)(H,41,42)(H,50,51)(H,52,53)(H2,33,36,37)(H2,47,48,49)/b5-3+,6-4+,10-8+. The van der Waals surface area contributed by atoms with Gasteiger partial charge in [0.15, 0.2) is 22.8 Å². The number of ether oxygens (including phenoxy) is 1. The first-order chi connectivity index (χ1) is 28.9. The third-order valence-electron chi connectivity index (χ3n) is 8.22. The Hall–Kier alpha value is -3.75. The molecule has 3 rings (SSSR count). The number of carboxylic acid groups (broad SMARTS) is 1. The van der Waals surface area contributed by atoms with Crippen molar-refractivity contribution < 1.29 is 90.4 Å². The van der Waals surface area contributed by atoms with Crippen LogP contribution in [0.1, 0.15) is 45.8 Å². The number of hydrogen-bond donors (Lipinski definition) is 10. The Morgan fingerprint density at radius 1 is 1.00 bits per heavy atom. The van der Waals surface area contributed by atoms with E-state index in [1.165, 1.54) is 19.9 Å². The number of nitrogen functional groups attached to an aromatic ring is 1. The number of fused-ring (bicyclic) bond motifs is 1. The second kappa shape index (κ2) is 23.8. The third-order valence-corrected chi connectivity index (χ3v) is 12.3. The number of phosphoric ester groups is 3. The number of thioether (sulfide) groups is 1. The summed E-state index contributed by atoms with van der Waals surface area (Å²) in [4.78, 5) is 98.2. The zero-order chi connectivity index (χ0) is 46.3. The molecule has 11 N–H and O–H groups in total. The summed E-state index contributed by atoms with van der Waals surface area (Å²) in [7, 11) is -16.4. The predicted octanol–water partition coefficient (Wildman–Crippen LogP) is 0.588. The third kappa shape index (κ3) is 17.8. The smallest absolute Gasteiger partial charge is 0.478 e. The number of carboxylic acids is 1.